The Labute approximate surface area is 111 Å². The van der Waals surface area contributed by atoms with E-state index in [1.165, 1.54) is 0 Å². The van der Waals surface area contributed by atoms with E-state index in [0.29, 0.717) is 19.6 Å². The van der Waals surface area contributed by atoms with Crippen molar-refractivity contribution in [2.24, 2.45) is 5.73 Å². The largest absolute Gasteiger partial charge is 0.394 e. The van der Waals surface area contributed by atoms with Crippen molar-refractivity contribution in [1.29, 1.82) is 0 Å². The number of hydrogen-bond donors (Lipinski definition) is 8. The maximum absolute atomic E-state index is 11.4. The summed E-state index contributed by atoms with van der Waals surface area (Å²) in [6.07, 6.45) is -7.24. The maximum Gasteiger partial charge on any atom is 0.251 e. The van der Waals surface area contributed by atoms with E-state index in [2.05, 4.69) is 10.6 Å². The molecular formula is C10H23N3O6. The summed E-state index contributed by atoms with van der Waals surface area (Å²) in [5.74, 6) is -0.883. The van der Waals surface area contributed by atoms with Crippen molar-refractivity contribution in [2.45, 2.75) is 24.4 Å². The summed E-state index contributed by atoms with van der Waals surface area (Å²) in [7, 11) is 0. The van der Waals surface area contributed by atoms with Gasteiger partial charge in [-0.25, -0.2) is 0 Å². The van der Waals surface area contributed by atoms with E-state index < -0.39 is 36.9 Å². The summed E-state index contributed by atoms with van der Waals surface area (Å²) in [4.78, 5) is 11.4. The summed E-state index contributed by atoms with van der Waals surface area (Å²) < 4.78 is 0. The number of carbonyl (C=O) groups is 1. The molecule has 0 saturated heterocycles. The lowest BCUT2D eigenvalue weighted by atomic mass is 10.0. The second-order valence-corrected chi connectivity index (χ2v) is 4.01. The molecule has 0 heterocycles. The molecule has 0 fully saturated rings. The first-order valence-corrected chi connectivity index (χ1v) is 5.97. The SMILES string of the molecule is NCCNCCNC(=O)[C@H](O)[C@@H](O)[C@H](O)[C@H](O)CO. The molecule has 0 aliphatic rings. The highest BCUT2D eigenvalue weighted by molar-refractivity contribution is 5.81. The summed E-state index contributed by atoms with van der Waals surface area (Å²) in [5.41, 5.74) is 5.24. The Kier molecular flexibility index (Phi) is 9.61. The van der Waals surface area contributed by atoms with Gasteiger partial charge in [0.15, 0.2) is 6.10 Å². The number of amides is 1. The monoisotopic (exact) mass is 281 g/mol. The van der Waals surface area contributed by atoms with Gasteiger partial charge in [0.1, 0.15) is 18.3 Å². The van der Waals surface area contributed by atoms with E-state index in [-0.39, 0.29) is 6.54 Å². The molecule has 0 aromatic carbocycles. The van der Waals surface area contributed by atoms with Crippen LogP contribution < -0.4 is 16.4 Å². The first kappa shape index (κ1) is 18.2. The lowest BCUT2D eigenvalue weighted by Gasteiger charge is -2.24. The smallest absolute Gasteiger partial charge is 0.251 e. The number of nitrogens with two attached hydrogens (primary N) is 1. The zero-order valence-corrected chi connectivity index (χ0v) is 10.6. The lowest BCUT2D eigenvalue weighted by Crippen LogP contribution is -2.52. The zero-order valence-electron chi connectivity index (χ0n) is 10.6. The molecule has 0 aromatic heterocycles. The standard InChI is InChI=1S/C10H23N3O6/c11-1-2-12-3-4-13-10(19)9(18)8(17)7(16)6(15)5-14/h6-9,12,14-18H,1-5,11H2,(H,13,19)/t6-,7-,8+,9-/m1/s1. The van der Waals surface area contributed by atoms with Gasteiger partial charge in [0.25, 0.3) is 5.91 Å². The average Bonchev–Trinajstić information content (AvgIpc) is 2.43. The minimum atomic E-state index is -1.90. The van der Waals surface area contributed by atoms with E-state index in [4.69, 9.17) is 15.9 Å². The number of hydrogen-bond acceptors (Lipinski definition) is 8. The van der Waals surface area contributed by atoms with Gasteiger partial charge in [-0.15, -0.1) is 0 Å². The van der Waals surface area contributed by atoms with Gasteiger partial charge in [0, 0.05) is 26.2 Å². The van der Waals surface area contributed by atoms with Crippen LogP contribution in [-0.2, 0) is 4.79 Å². The van der Waals surface area contributed by atoms with Gasteiger partial charge in [0.2, 0.25) is 0 Å². The minimum Gasteiger partial charge on any atom is -0.394 e. The Hall–Kier alpha value is -0.810. The van der Waals surface area contributed by atoms with Crippen LogP contribution in [0.25, 0.3) is 0 Å². The maximum atomic E-state index is 11.4. The van der Waals surface area contributed by atoms with Crippen LogP contribution in [-0.4, -0.2) is 88.6 Å². The number of carbonyl (C=O) groups excluding carboxylic acids is 1. The number of nitrogens with one attached hydrogen (secondary N) is 2. The Balaban J connectivity index is 4.03. The van der Waals surface area contributed by atoms with Crippen LogP contribution in [0.3, 0.4) is 0 Å². The zero-order chi connectivity index (χ0) is 14.8. The highest BCUT2D eigenvalue weighted by Gasteiger charge is 2.33. The fraction of sp³-hybridized carbons (Fsp3) is 0.900. The van der Waals surface area contributed by atoms with Crippen molar-refractivity contribution >= 4 is 5.91 Å². The fourth-order valence-corrected chi connectivity index (χ4v) is 1.28. The predicted molar refractivity (Wildman–Crippen MR) is 66.0 cm³/mol. The van der Waals surface area contributed by atoms with Crippen molar-refractivity contribution in [3.8, 4) is 0 Å². The van der Waals surface area contributed by atoms with Gasteiger partial charge in [0.05, 0.1) is 6.61 Å². The Morgan fingerprint density at radius 2 is 1.68 bits per heavy atom. The molecule has 0 saturated carbocycles. The third-order valence-corrected chi connectivity index (χ3v) is 2.45. The van der Waals surface area contributed by atoms with Gasteiger partial charge in [-0.05, 0) is 0 Å². The minimum absolute atomic E-state index is 0.210. The van der Waals surface area contributed by atoms with Crippen molar-refractivity contribution in [3.63, 3.8) is 0 Å². The molecule has 1 amide bonds. The van der Waals surface area contributed by atoms with Crippen LogP contribution >= 0.6 is 0 Å². The molecule has 0 aliphatic carbocycles. The molecule has 0 bridgehead atoms. The molecule has 0 aliphatic heterocycles. The predicted octanol–water partition coefficient (Wildman–Crippen LogP) is -4.91. The van der Waals surface area contributed by atoms with Gasteiger partial charge in [-0.1, -0.05) is 0 Å². The van der Waals surface area contributed by atoms with Crippen LogP contribution in [0.2, 0.25) is 0 Å². The summed E-state index contributed by atoms with van der Waals surface area (Å²) in [5, 5.41) is 51.1. The van der Waals surface area contributed by atoms with Crippen LogP contribution in [0.15, 0.2) is 0 Å². The second kappa shape index (κ2) is 10.0. The average molecular weight is 281 g/mol. The van der Waals surface area contributed by atoms with Crippen LogP contribution in [0.5, 0.6) is 0 Å². The van der Waals surface area contributed by atoms with Gasteiger partial charge in [-0.3, -0.25) is 4.79 Å². The third kappa shape index (κ3) is 6.78. The van der Waals surface area contributed by atoms with E-state index in [9.17, 15) is 20.1 Å². The van der Waals surface area contributed by atoms with E-state index in [1.807, 2.05) is 0 Å². The van der Waals surface area contributed by atoms with E-state index in [1.54, 1.807) is 0 Å². The quantitative estimate of drug-likeness (QED) is 0.184. The van der Waals surface area contributed by atoms with Crippen LogP contribution in [0.1, 0.15) is 0 Å². The fourth-order valence-electron chi connectivity index (χ4n) is 1.28. The number of rotatable bonds is 10. The molecule has 0 aromatic rings. The Bertz CT molecular complexity index is 255. The van der Waals surface area contributed by atoms with Crippen molar-refractivity contribution in [3.05, 3.63) is 0 Å². The summed E-state index contributed by atoms with van der Waals surface area (Å²) in [6, 6.07) is 0. The Morgan fingerprint density at radius 3 is 2.21 bits per heavy atom. The molecule has 0 spiro atoms. The van der Waals surface area contributed by atoms with E-state index in [0.717, 1.165) is 0 Å². The molecule has 0 radical (unpaired) electrons. The molecule has 9 heteroatoms. The third-order valence-electron chi connectivity index (χ3n) is 2.45. The van der Waals surface area contributed by atoms with Gasteiger partial charge in [-0.2, -0.15) is 0 Å². The Morgan fingerprint density at radius 1 is 1.05 bits per heavy atom. The molecule has 9 nitrogen and oxygen atoms in total. The molecular weight excluding hydrogens is 258 g/mol. The first-order valence-electron chi connectivity index (χ1n) is 5.97. The normalized spacial score (nSPS) is 17.6. The van der Waals surface area contributed by atoms with Crippen LogP contribution in [0, 0.1) is 0 Å². The number of aliphatic hydroxyl groups is 5. The van der Waals surface area contributed by atoms with Crippen molar-refractivity contribution in [2.75, 3.05) is 32.8 Å². The highest BCUT2D eigenvalue weighted by Crippen LogP contribution is 2.05. The number of aliphatic hydroxyl groups excluding tert-OH is 5. The van der Waals surface area contributed by atoms with Crippen LogP contribution in [0.4, 0.5) is 0 Å². The van der Waals surface area contributed by atoms with E-state index >= 15 is 0 Å². The highest BCUT2D eigenvalue weighted by atomic mass is 16.4. The molecule has 114 valence electrons. The lowest BCUT2D eigenvalue weighted by molar-refractivity contribution is -0.148. The summed E-state index contributed by atoms with van der Waals surface area (Å²) >= 11 is 0. The summed E-state index contributed by atoms with van der Waals surface area (Å²) in [6.45, 7) is 0.896. The molecule has 9 N–H and O–H groups in total. The van der Waals surface area contributed by atoms with Gasteiger partial charge < -0.3 is 41.9 Å². The second-order valence-electron chi connectivity index (χ2n) is 4.01. The first-order chi connectivity index (χ1) is 8.95. The molecule has 0 unspecified atom stereocenters. The topological polar surface area (TPSA) is 168 Å². The molecule has 0 rings (SSSR count). The van der Waals surface area contributed by atoms with Crippen molar-refractivity contribution in [1.82, 2.24) is 10.6 Å². The molecule has 4 atom stereocenters. The molecule has 19 heavy (non-hydrogen) atoms. The van der Waals surface area contributed by atoms with Crippen molar-refractivity contribution < 1.29 is 30.3 Å². The van der Waals surface area contributed by atoms with Gasteiger partial charge >= 0.3 is 0 Å².